The summed E-state index contributed by atoms with van der Waals surface area (Å²) in [5.41, 5.74) is 0.401. The lowest BCUT2D eigenvalue weighted by Gasteiger charge is -2.13. The van der Waals surface area contributed by atoms with Crippen molar-refractivity contribution in [3.63, 3.8) is 0 Å². The quantitative estimate of drug-likeness (QED) is 0.712. The number of anilines is 1. The van der Waals surface area contributed by atoms with Crippen LogP contribution in [0, 0.1) is 0 Å². The maximum Gasteiger partial charge on any atom is 0.417 e. The molecule has 0 aliphatic rings. The number of methoxy groups -OCH3 is 1. The van der Waals surface area contributed by atoms with Gasteiger partial charge in [-0.1, -0.05) is 36.4 Å². The van der Waals surface area contributed by atoms with Crippen LogP contribution in [0.25, 0.3) is 11.3 Å². The zero-order valence-corrected chi connectivity index (χ0v) is 13.9. The molecule has 1 heterocycles. The third-order valence-corrected chi connectivity index (χ3v) is 3.83. The van der Waals surface area contributed by atoms with Gasteiger partial charge >= 0.3 is 6.18 Å². The number of hydrogen-bond donors (Lipinski definition) is 1. The molecule has 1 N–H and O–H groups in total. The standard InChI is InChI=1S/C19H16F3N3O/c1-26-17-9-5-2-6-13(17)11-23-18-10-16(24-12-25-18)14-7-3-4-8-15(14)19(20,21)22/h2-10,12H,11H2,1H3,(H,23,24,25). The van der Waals surface area contributed by atoms with Gasteiger partial charge in [0.05, 0.1) is 18.4 Å². The minimum atomic E-state index is -4.45. The van der Waals surface area contributed by atoms with Crippen molar-refractivity contribution in [3.05, 3.63) is 72.1 Å². The highest BCUT2D eigenvalue weighted by Gasteiger charge is 2.33. The van der Waals surface area contributed by atoms with Gasteiger partial charge < -0.3 is 10.1 Å². The first kappa shape index (κ1) is 17.7. The highest BCUT2D eigenvalue weighted by molar-refractivity contribution is 5.66. The number of alkyl halides is 3. The van der Waals surface area contributed by atoms with Crippen LogP contribution in [-0.2, 0) is 12.7 Å². The molecule has 1 aromatic heterocycles. The molecule has 0 spiro atoms. The summed E-state index contributed by atoms with van der Waals surface area (Å²) in [6.45, 7) is 0.418. The Morgan fingerprint density at radius 1 is 1.00 bits per heavy atom. The van der Waals surface area contributed by atoms with Crippen LogP contribution < -0.4 is 10.1 Å². The molecule has 0 amide bonds. The number of nitrogens with one attached hydrogen (secondary N) is 1. The Bertz CT molecular complexity index is 897. The molecular formula is C19H16F3N3O. The van der Waals surface area contributed by atoms with E-state index in [1.54, 1.807) is 13.2 Å². The molecular weight excluding hydrogens is 343 g/mol. The fourth-order valence-corrected chi connectivity index (χ4v) is 2.59. The van der Waals surface area contributed by atoms with E-state index < -0.39 is 11.7 Å². The second-order valence-electron chi connectivity index (χ2n) is 5.50. The lowest BCUT2D eigenvalue weighted by molar-refractivity contribution is -0.137. The minimum Gasteiger partial charge on any atom is -0.496 e. The Hall–Kier alpha value is -3.09. The Morgan fingerprint density at radius 2 is 1.73 bits per heavy atom. The third-order valence-electron chi connectivity index (χ3n) is 3.83. The van der Waals surface area contributed by atoms with E-state index in [0.29, 0.717) is 12.4 Å². The predicted octanol–water partition coefficient (Wildman–Crippen LogP) is 4.78. The topological polar surface area (TPSA) is 47.0 Å². The summed E-state index contributed by atoms with van der Waals surface area (Å²) in [5, 5.41) is 3.09. The lowest BCUT2D eigenvalue weighted by Crippen LogP contribution is -2.08. The average molecular weight is 359 g/mol. The van der Waals surface area contributed by atoms with E-state index in [0.717, 1.165) is 17.4 Å². The Balaban J connectivity index is 1.86. The lowest BCUT2D eigenvalue weighted by atomic mass is 10.0. The molecule has 26 heavy (non-hydrogen) atoms. The molecule has 0 saturated carbocycles. The van der Waals surface area contributed by atoms with Gasteiger partial charge in [0.25, 0.3) is 0 Å². The first-order valence-electron chi connectivity index (χ1n) is 7.83. The summed E-state index contributed by atoms with van der Waals surface area (Å²) >= 11 is 0. The number of para-hydroxylation sites is 1. The zero-order valence-electron chi connectivity index (χ0n) is 13.9. The Morgan fingerprint density at radius 3 is 2.50 bits per heavy atom. The van der Waals surface area contributed by atoms with E-state index in [4.69, 9.17) is 4.74 Å². The molecule has 2 aromatic carbocycles. The highest BCUT2D eigenvalue weighted by atomic mass is 19.4. The molecule has 3 rings (SSSR count). The summed E-state index contributed by atoms with van der Waals surface area (Å²) in [5.74, 6) is 1.15. The molecule has 0 saturated heterocycles. The second-order valence-corrected chi connectivity index (χ2v) is 5.50. The van der Waals surface area contributed by atoms with E-state index in [1.807, 2.05) is 24.3 Å². The van der Waals surface area contributed by atoms with E-state index in [9.17, 15) is 13.2 Å². The SMILES string of the molecule is COc1ccccc1CNc1cc(-c2ccccc2C(F)(F)F)ncn1. The molecule has 0 fully saturated rings. The number of ether oxygens (including phenoxy) is 1. The van der Waals surface area contributed by atoms with Crippen LogP contribution >= 0.6 is 0 Å². The summed E-state index contributed by atoms with van der Waals surface area (Å²) < 4.78 is 44.9. The summed E-state index contributed by atoms with van der Waals surface area (Å²) in [4.78, 5) is 8.08. The van der Waals surface area contributed by atoms with Crippen LogP contribution in [0.4, 0.5) is 19.0 Å². The van der Waals surface area contributed by atoms with Crippen LogP contribution in [0.15, 0.2) is 60.9 Å². The maximum absolute atomic E-state index is 13.2. The Kier molecular flexibility index (Phi) is 5.06. The molecule has 0 unspecified atom stereocenters. The van der Waals surface area contributed by atoms with Gasteiger partial charge in [0.15, 0.2) is 0 Å². The van der Waals surface area contributed by atoms with Crippen molar-refractivity contribution in [2.24, 2.45) is 0 Å². The van der Waals surface area contributed by atoms with Gasteiger partial charge in [-0.3, -0.25) is 0 Å². The summed E-state index contributed by atoms with van der Waals surface area (Å²) in [6, 6.07) is 14.3. The van der Waals surface area contributed by atoms with Crippen LogP contribution in [-0.4, -0.2) is 17.1 Å². The number of halogens is 3. The van der Waals surface area contributed by atoms with Gasteiger partial charge in [-0.2, -0.15) is 13.2 Å². The van der Waals surface area contributed by atoms with Gasteiger partial charge in [-0.05, 0) is 12.1 Å². The molecule has 0 aliphatic carbocycles. The molecule has 0 atom stereocenters. The van der Waals surface area contributed by atoms with Crippen molar-refractivity contribution >= 4 is 5.82 Å². The van der Waals surface area contributed by atoms with Crippen LogP contribution in [0.1, 0.15) is 11.1 Å². The average Bonchev–Trinajstić information content (AvgIpc) is 2.66. The van der Waals surface area contributed by atoms with Crippen molar-refractivity contribution in [2.45, 2.75) is 12.7 Å². The number of aromatic nitrogens is 2. The van der Waals surface area contributed by atoms with Gasteiger partial charge in [0.2, 0.25) is 0 Å². The predicted molar refractivity (Wildman–Crippen MR) is 92.8 cm³/mol. The largest absolute Gasteiger partial charge is 0.496 e. The number of nitrogens with zero attached hydrogens (tertiary/aromatic N) is 2. The first-order chi connectivity index (χ1) is 12.5. The first-order valence-corrected chi connectivity index (χ1v) is 7.83. The van der Waals surface area contributed by atoms with Crippen molar-refractivity contribution in [1.29, 1.82) is 0 Å². The third kappa shape index (κ3) is 3.93. The molecule has 0 bridgehead atoms. The normalized spacial score (nSPS) is 11.2. The van der Waals surface area contributed by atoms with E-state index in [1.165, 1.54) is 24.5 Å². The van der Waals surface area contributed by atoms with Gasteiger partial charge in [-0.25, -0.2) is 9.97 Å². The minimum absolute atomic E-state index is 0.0164. The molecule has 134 valence electrons. The monoisotopic (exact) mass is 359 g/mol. The fourth-order valence-electron chi connectivity index (χ4n) is 2.59. The number of benzene rings is 2. The maximum atomic E-state index is 13.2. The Labute approximate surface area is 148 Å². The van der Waals surface area contributed by atoms with Gasteiger partial charge in [0, 0.05) is 23.7 Å². The fraction of sp³-hybridized carbons (Fsp3) is 0.158. The molecule has 3 aromatic rings. The van der Waals surface area contributed by atoms with Crippen molar-refractivity contribution in [2.75, 3.05) is 12.4 Å². The van der Waals surface area contributed by atoms with Crippen LogP contribution in [0.5, 0.6) is 5.75 Å². The van der Waals surface area contributed by atoms with Crippen molar-refractivity contribution in [3.8, 4) is 17.0 Å². The molecule has 4 nitrogen and oxygen atoms in total. The highest BCUT2D eigenvalue weighted by Crippen LogP contribution is 2.36. The summed E-state index contributed by atoms with van der Waals surface area (Å²) in [6.07, 6.45) is -3.21. The molecule has 0 aliphatic heterocycles. The summed E-state index contributed by atoms with van der Waals surface area (Å²) in [7, 11) is 1.58. The second kappa shape index (κ2) is 7.43. The number of hydrogen-bond acceptors (Lipinski definition) is 4. The van der Waals surface area contributed by atoms with E-state index in [2.05, 4.69) is 15.3 Å². The number of rotatable bonds is 5. The molecule has 7 heteroatoms. The van der Waals surface area contributed by atoms with Crippen molar-refractivity contribution < 1.29 is 17.9 Å². The van der Waals surface area contributed by atoms with Crippen LogP contribution in [0.3, 0.4) is 0 Å². The van der Waals surface area contributed by atoms with Crippen molar-refractivity contribution in [1.82, 2.24) is 9.97 Å². The van der Waals surface area contributed by atoms with E-state index in [-0.39, 0.29) is 11.3 Å². The molecule has 0 radical (unpaired) electrons. The van der Waals surface area contributed by atoms with E-state index >= 15 is 0 Å². The van der Waals surface area contributed by atoms with Gasteiger partial charge in [-0.15, -0.1) is 0 Å². The van der Waals surface area contributed by atoms with Crippen LogP contribution in [0.2, 0.25) is 0 Å². The van der Waals surface area contributed by atoms with Gasteiger partial charge in [0.1, 0.15) is 17.9 Å². The smallest absolute Gasteiger partial charge is 0.417 e. The zero-order chi connectivity index (χ0) is 18.6.